The average molecular weight is 238 g/mol. The molecule has 0 radical (unpaired) electrons. The maximum atomic E-state index is 3.47. The van der Waals surface area contributed by atoms with E-state index >= 15 is 0 Å². The van der Waals surface area contributed by atoms with E-state index in [0.29, 0.717) is 5.41 Å². The van der Waals surface area contributed by atoms with Crippen LogP contribution in [0.15, 0.2) is 28.7 Å². The maximum Gasteiger partial charge on any atom is 0.0175 e. The molecule has 1 saturated carbocycles. The van der Waals surface area contributed by atoms with Crippen LogP contribution in [0.25, 0.3) is 0 Å². The predicted molar refractivity (Wildman–Crippen MR) is 56.8 cm³/mol. The van der Waals surface area contributed by atoms with E-state index in [-0.39, 0.29) is 0 Å². The summed E-state index contributed by atoms with van der Waals surface area (Å²) in [6.45, 7) is 2.40. The molecule has 13 heavy (non-hydrogen) atoms. The molecule has 1 N–H and O–H groups in total. The molecule has 0 bridgehead atoms. The van der Waals surface area contributed by atoms with Gasteiger partial charge in [-0.1, -0.05) is 28.1 Å². The van der Waals surface area contributed by atoms with Gasteiger partial charge in [0, 0.05) is 16.4 Å². The molecule has 1 heterocycles. The molecule has 2 aliphatic rings. The van der Waals surface area contributed by atoms with Crippen molar-refractivity contribution in [3.63, 3.8) is 0 Å². The van der Waals surface area contributed by atoms with Crippen LogP contribution in [0.2, 0.25) is 0 Å². The van der Waals surface area contributed by atoms with Crippen LogP contribution in [-0.4, -0.2) is 13.1 Å². The number of benzene rings is 1. The minimum Gasteiger partial charge on any atom is -0.316 e. The van der Waals surface area contributed by atoms with E-state index in [0.717, 1.165) is 5.92 Å². The third-order valence-electron chi connectivity index (χ3n) is 3.48. The van der Waals surface area contributed by atoms with E-state index in [4.69, 9.17) is 0 Å². The molecular weight excluding hydrogens is 226 g/mol. The molecule has 68 valence electrons. The first-order valence-electron chi connectivity index (χ1n) is 4.78. The van der Waals surface area contributed by atoms with Crippen molar-refractivity contribution in [3.8, 4) is 0 Å². The lowest BCUT2D eigenvalue weighted by Gasteiger charge is -2.11. The molecule has 2 fully saturated rings. The van der Waals surface area contributed by atoms with Crippen molar-refractivity contribution in [2.24, 2.45) is 5.92 Å². The van der Waals surface area contributed by atoms with E-state index in [2.05, 4.69) is 45.5 Å². The fraction of sp³-hybridized carbons (Fsp3) is 0.455. The smallest absolute Gasteiger partial charge is 0.0175 e. The Bertz CT molecular complexity index is 332. The van der Waals surface area contributed by atoms with Crippen LogP contribution >= 0.6 is 15.9 Å². The van der Waals surface area contributed by atoms with Crippen molar-refractivity contribution in [1.29, 1.82) is 0 Å². The number of hydrogen-bond acceptors (Lipinski definition) is 1. The summed E-state index contributed by atoms with van der Waals surface area (Å²) in [4.78, 5) is 0. The summed E-state index contributed by atoms with van der Waals surface area (Å²) in [6.07, 6.45) is 1.39. The van der Waals surface area contributed by atoms with Crippen molar-refractivity contribution < 1.29 is 0 Å². The largest absolute Gasteiger partial charge is 0.316 e. The molecule has 2 atom stereocenters. The second-order valence-corrected chi connectivity index (χ2v) is 5.11. The van der Waals surface area contributed by atoms with E-state index in [1.54, 1.807) is 0 Å². The van der Waals surface area contributed by atoms with Crippen molar-refractivity contribution in [2.45, 2.75) is 11.8 Å². The summed E-state index contributed by atoms with van der Waals surface area (Å²) in [5, 5.41) is 3.46. The molecule has 0 amide bonds. The molecule has 1 unspecified atom stereocenters. The Balaban J connectivity index is 1.97. The molecule has 3 rings (SSSR count). The van der Waals surface area contributed by atoms with Gasteiger partial charge in [0.25, 0.3) is 0 Å². The lowest BCUT2D eigenvalue weighted by atomic mass is 9.95. The standard InChI is InChI=1S/C11H12BrN/c12-10-3-1-8(2-4-10)11-5-9(11)6-13-7-11/h1-4,9,13H,5-7H2/t9-,11?/m1/s1. The van der Waals surface area contributed by atoms with Gasteiger partial charge in [0.15, 0.2) is 0 Å². The predicted octanol–water partition coefficient (Wildman–Crippen LogP) is 2.31. The van der Waals surface area contributed by atoms with Crippen LogP contribution in [0.5, 0.6) is 0 Å². The number of piperidine rings is 1. The van der Waals surface area contributed by atoms with Crippen molar-refractivity contribution in [1.82, 2.24) is 5.32 Å². The molecule has 1 nitrogen and oxygen atoms in total. The average Bonchev–Trinajstić information content (AvgIpc) is 2.71. The minimum atomic E-state index is 0.515. The summed E-state index contributed by atoms with van der Waals surface area (Å²) in [6, 6.07) is 8.82. The Labute approximate surface area is 86.7 Å². The highest BCUT2D eigenvalue weighted by Crippen LogP contribution is 2.56. The minimum absolute atomic E-state index is 0.515. The highest BCUT2D eigenvalue weighted by Gasteiger charge is 2.57. The lowest BCUT2D eigenvalue weighted by Crippen LogP contribution is -2.18. The molecule has 2 heteroatoms. The third-order valence-corrected chi connectivity index (χ3v) is 4.01. The normalized spacial score (nSPS) is 35.9. The van der Waals surface area contributed by atoms with Crippen LogP contribution in [0, 0.1) is 5.92 Å². The Kier molecular flexibility index (Phi) is 1.59. The summed E-state index contributed by atoms with van der Waals surface area (Å²) < 4.78 is 1.18. The number of nitrogens with one attached hydrogen (secondary N) is 1. The zero-order chi connectivity index (χ0) is 8.89. The van der Waals surface area contributed by atoms with Gasteiger partial charge in [-0.15, -0.1) is 0 Å². The Hall–Kier alpha value is -0.340. The van der Waals surface area contributed by atoms with Gasteiger partial charge in [0.2, 0.25) is 0 Å². The van der Waals surface area contributed by atoms with Crippen LogP contribution in [0.4, 0.5) is 0 Å². The first-order valence-corrected chi connectivity index (χ1v) is 5.57. The summed E-state index contributed by atoms with van der Waals surface area (Å²) in [7, 11) is 0. The third kappa shape index (κ3) is 1.09. The van der Waals surface area contributed by atoms with Crippen LogP contribution in [0.1, 0.15) is 12.0 Å². The molecule has 1 aliphatic heterocycles. The fourth-order valence-electron chi connectivity index (χ4n) is 2.57. The number of hydrogen-bond donors (Lipinski definition) is 1. The van der Waals surface area contributed by atoms with E-state index in [1.165, 1.54) is 29.5 Å². The van der Waals surface area contributed by atoms with Crippen molar-refractivity contribution in [2.75, 3.05) is 13.1 Å². The van der Waals surface area contributed by atoms with Gasteiger partial charge in [0.1, 0.15) is 0 Å². The Morgan fingerprint density at radius 2 is 2.08 bits per heavy atom. The van der Waals surface area contributed by atoms with Gasteiger partial charge >= 0.3 is 0 Å². The first-order chi connectivity index (χ1) is 6.31. The van der Waals surface area contributed by atoms with Gasteiger partial charge in [-0.25, -0.2) is 0 Å². The monoisotopic (exact) mass is 237 g/mol. The molecule has 1 saturated heterocycles. The van der Waals surface area contributed by atoms with Gasteiger partial charge in [-0.3, -0.25) is 0 Å². The highest BCUT2D eigenvalue weighted by atomic mass is 79.9. The lowest BCUT2D eigenvalue weighted by molar-refractivity contribution is 0.675. The van der Waals surface area contributed by atoms with Crippen molar-refractivity contribution in [3.05, 3.63) is 34.3 Å². The first kappa shape index (κ1) is 8.01. The van der Waals surface area contributed by atoms with E-state index < -0.39 is 0 Å². The van der Waals surface area contributed by atoms with Crippen LogP contribution < -0.4 is 5.32 Å². The molecule has 1 aromatic carbocycles. The van der Waals surface area contributed by atoms with E-state index in [9.17, 15) is 0 Å². The van der Waals surface area contributed by atoms with E-state index in [1.807, 2.05) is 0 Å². The molecule has 0 spiro atoms. The Morgan fingerprint density at radius 1 is 1.31 bits per heavy atom. The Morgan fingerprint density at radius 3 is 2.62 bits per heavy atom. The van der Waals surface area contributed by atoms with Crippen LogP contribution in [-0.2, 0) is 5.41 Å². The molecule has 1 aromatic rings. The quantitative estimate of drug-likeness (QED) is 0.791. The summed E-state index contributed by atoms with van der Waals surface area (Å²) in [5.74, 6) is 0.911. The van der Waals surface area contributed by atoms with Gasteiger partial charge < -0.3 is 5.32 Å². The van der Waals surface area contributed by atoms with Crippen molar-refractivity contribution >= 4 is 15.9 Å². The second-order valence-electron chi connectivity index (χ2n) is 4.19. The molecule has 0 aromatic heterocycles. The van der Waals surface area contributed by atoms with Crippen LogP contribution in [0.3, 0.4) is 0 Å². The fourth-order valence-corrected chi connectivity index (χ4v) is 2.84. The topological polar surface area (TPSA) is 12.0 Å². The highest BCUT2D eigenvalue weighted by molar-refractivity contribution is 9.10. The second kappa shape index (κ2) is 2.58. The summed E-state index contributed by atoms with van der Waals surface area (Å²) in [5.41, 5.74) is 2.03. The SMILES string of the molecule is Brc1ccc(C23CNC[C@H]2C3)cc1. The summed E-state index contributed by atoms with van der Waals surface area (Å²) >= 11 is 3.47. The zero-order valence-electron chi connectivity index (χ0n) is 7.39. The molecule has 1 aliphatic carbocycles. The number of rotatable bonds is 1. The number of halogens is 1. The van der Waals surface area contributed by atoms with Gasteiger partial charge in [0.05, 0.1) is 0 Å². The molecular formula is C11H12BrN. The zero-order valence-corrected chi connectivity index (χ0v) is 8.97. The van der Waals surface area contributed by atoms with Gasteiger partial charge in [-0.05, 0) is 36.6 Å². The van der Waals surface area contributed by atoms with Gasteiger partial charge in [-0.2, -0.15) is 0 Å². The number of fused-ring (bicyclic) bond motifs is 1. The maximum absolute atomic E-state index is 3.47.